The van der Waals surface area contributed by atoms with Crippen LogP contribution in [0, 0.1) is 0 Å². The van der Waals surface area contributed by atoms with Crippen LogP contribution in [0.1, 0.15) is 0 Å². The van der Waals surface area contributed by atoms with E-state index < -0.39 is 18.1 Å². The minimum atomic E-state index is -1.32. The van der Waals surface area contributed by atoms with Crippen molar-refractivity contribution in [3.8, 4) is 0 Å². The summed E-state index contributed by atoms with van der Waals surface area (Å²) < 4.78 is 2.59. The first kappa shape index (κ1) is 13.7. The molecule has 0 unspecified atom stereocenters. The van der Waals surface area contributed by atoms with Crippen molar-refractivity contribution in [1.82, 2.24) is 19.2 Å². The third-order valence-electron chi connectivity index (χ3n) is 2.66. The Morgan fingerprint density at radius 3 is 2.89 bits per heavy atom. The van der Waals surface area contributed by atoms with Crippen molar-refractivity contribution in [2.24, 2.45) is 0 Å². The van der Waals surface area contributed by atoms with E-state index in [-0.39, 0.29) is 29.6 Å². The van der Waals surface area contributed by atoms with E-state index in [1.54, 1.807) is 18.3 Å². The van der Waals surface area contributed by atoms with E-state index in [0.717, 1.165) is 4.57 Å². The number of carbonyl (C=O) groups excluding carboxylic acids is 1. The molecule has 3 heterocycles. The summed E-state index contributed by atoms with van der Waals surface area (Å²) in [5.74, 6) is -1.32. The van der Waals surface area contributed by atoms with Crippen molar-refractivity contribution in [2.75, 3.05) is 0 Å². The minimum Gasteiger partial charge on any atom is -0.548 e. The van der Waals surface area contributed by atoms with Gasteiger partial charge in [-0.3, -0.25) is 4.79 Å². The summed E-state index contributed by atoms with van der Waals surface area (Å²) in [5, 5.41) is 14.9. The van der Waals surface area contributed by atoms with Crippen LogP contribution in [0.2, 0.25) is 0 Å². The fraction of sp³-hybridized carbons (Fsp3) is 0.0909. The van der Waals surface area contributed by atoms with Gasteiger partial charge in [-0.25, -0.2) is 9.50 Å². The zero-order valence-corrected chi connectivity index (χ0v) is 12.1. The predicted molar refractivity (Wildman–Crippen MR) is 59.8 cm³/mol. The standard InChI is InChI=1S/C11H8N4O3.Na/c16-10(17)6-14-4-2-8-7(11(14)18)5-12-9-1-3-13-15(8)9;/h1-5H,6H2,(H,16,17);/q;+1/p-1. The van der Waals surface area contributed by atoms with Gasteiger partial charge in [0.2, 0.25) is 0 Å². The average Bonchev–Trinajstić information content (AvgIpc) is 2.80. The molecule has 0 fully saturated rings. The van der Waals surface area contributed by atoms with Crippen LogP contribution in [0.25, 0.3) is 16.6 Å². The maximum Gasteiger partial charge on any atom is 1.00 e. The molecule has 0 saturated carbocycles. The topological polar surface area (TPSA) is 92.3 Å². The van der Waals surface area contributed by atoms with Gasteiger partial charge in [0.05, 0.1) is 29.6 Å². The summed E-state index contributed by atoms with van der Waals surface area (Å²) in [6.07, 6.45) is 4.40. The van der Waals surface area contributed by atoms with Gasteiger partial charge in [0.15, 0.2) is 5.65 Å². The largest absolute Gasteiger partial charge is 1.00 e. The van der Waals surface area contributed by atoms with E-state index in [9.17, 15) is 14.7 Å². The van der Waals surface area contributed by atoms with Crippen molar-refractivity contribution in [2.45, 2.75) is 6.54 Å². The van der Waals surface area contributed by atoms with Crippen molar-refractivity contribution in [1.29, 1.82) is 0 Å². The number of carbonyl (C=O) groups is 1. The van der Waals surface area contributed by atoms with Crippen LogP contribution in [0.3, 0.4) is 0 Å². The van der Waals surface area contributed by atoms with E-state index in [1.165, 1.54) is 16.9 Å². The van der Waals surface area contributed by atoms with Crippen LogP contribution in [-0.2, 0) is 11.3 Å². The van der Waals surface area contributed by atoms with E-state index in [1.807, 2.05) is 0 Å². The normalized spacial score (nSPS) is 10.5. The number of pyridine rings is 1. The van der Waals surface area contributed by atoms with Gasteiger partial charge in [-0.15, -0.1) is 0 Å². The Morgan fingerprint density at radius 1 is 1.37 bits per heavy atom. The molecule has 3 rings (SSSR count). The Balaban J connectivity index is 0.00000133. The average molecular weight is 266 g/mol. The molecule has 0 radical (unpaired) electrons. The molecular weight excluding hydrogens is 259 g/mol. The molecule has 19 heavy (non-hydrogen) atoms. The maximum absolute atomic E-state index is 12.0. The maximum atomic E-state index is 12.0. The third-order valence-corrected chi connectivity index (χ3v) is 2.66. The smallest absolute Gasteiger partial charge is 0.548 e. The van der Waals surface area contributed by atoms with Gasteiger partial charge in [0, 0.05) is 18.5 Å². The quantitative estimate of drug-likeness (QED) is 0.438. The molecule has 90 valence electrons. The number of rotatable bonds is 2. The number of hydrogen-bond donors (Lipinski definition) is 0. The zero-order valence-electron chi connectivity index (χ0n) is 10.1. The molecule has 0 spiro atoms. The van der Waals surface area contributed by atoms with Gasteiger partial charge in [0.25, 0.3) is 5.56 Å². The Kier molecular flexibility index (Phi) is 3.70. The molecule has 0 aliphatic rings. The summed E-state index contributed by atoms with van der Waals surface area (Å²) in [7, 11) is 0. The first-order chi connectivity index (χ1) is 8.66. The van der Waals surface area contributed by atoms with Crippen LogP contribution in [0.5, 0.6) is 0 Å². The first-order valence-electron chi connectivity index (χ1n) is 5.18. The summed E-state index contributed by atoms with van der Waals surface area (Å²) in [5.41, 5.74) is 0.783. The molecule has 3 aromatic rings. The van der Waals surface area contributed by atoms with Gasteiger partial charge in [-0.05, 0) is 6.07 Å². The number of fused-ring (bicyclic) bond motifs is 3. The monoisotopic (exact) mass is 266 g/mol. The molecule has 0 aliphatic heterocycles. The number of aliphatic carboxylic acids is 1. The number of carboxylic acids is 1. The SMILES string of the molecule is O=C([O-])Cn1ccc2c(cnc3ccnn32)c1=O.[Na+]. The summed E-state index contributed by atoms with van der Waals surface area (Å²) in [6.45, 7) is -0.480. The third kappa shape index (κ3) is 2.27. The molecule has 0 atom stereocenters. The molecule has 0 aromatic carbocycles. The fourth-order valence-corrected chi connectivity index (χ4v) is 1.86. The van der Waals surface area contributed by atoms with Gasteiger partial charge in [-0.2, -0.15) is 5.10 Å². The van der Waals surface area contributed by atoms with E-state index in [2.05, 4.69) is 10.1 Å². The van der Waals surface area contributed by atoms with Crippen molar-refractivity contribution < 1.29 is 39.5 Å². The van der Waals surface area contributed by atoms with Crippen molar-refractivity contribution in [3.05, 3.63) is 41.1 Å². The van der Waals surface area contributed by atoms with Crippen molar-refractivity contribution in [3.63, 3.8) is 0 Å². The molecule has 0 aliphatic carbocycles. The Morgan fingerprint density at radius 2 is 2.16 bits per heavy atom. The predicted octanol–water partition coefficient (Wildman–Crippen LogP) is -4.20. The van der Waals surface area contributed by atoms with Gasteiger partial charge in [-0.1, -0.05) is 0 Å². The Hall–Kier alpha value is -1.70. The number of carboxylic acid groups (broad SMARTS) is 1. The Labute approximate surface area is 128 Å². The molecule has 3 aromatic heterocycles. The number of aromatic nitrogens is 4. The second kappa shape index (κ2) is 5.12. The number of nitrogens with zero attached hydrogens (tertiary/aromatic N) is 4. The van der Waals surface area contributed by atoms with Gasteiger partial charge >= 0.3 is 29.6 Å². The first-order valence-corrected chi connectivity index (χ1v) is 5.18. The number of hydrogen-bond acceptors (Lipinski definition) is 5. The fourth-order valence-electron chi connectivity index (χ4n) is 1.86. The van der Waals surface area contributed by atoms with Crippen LogP contribution in [0.4, 0.5) is 0 Å². The van der Waals surface area contributed by atoms with Gasteiger partial charge in [0.1, 0.15) is 0 Å². The summed E-state index contributed by atoms with van der Waals surface area (Å²) in [6, 6.07) is 3.34. The van der Waals surface area contributed by atoms with Crippen LogP contribution in [0.15, 0.2) is 35.5 Å². The molecule has 0 amide bonds. The van der Waals surface area contributed by atoms with Crippen LogP contribution in [-0.4, -0.2) is 25.1 Å². The van der Waals surface area contributed by atoms with E-state index >= 15 is 0 Å². The van der Waals surface area contributed by atoms with E-state index in [0.29, 0.717) is 16.6 Å². The Bertz CT molecular complexity index is 824. The molecular formula is C11H7N4NaO3. The molecule has 7 nitrogen and oxygen atoms in total. The summed E-state index contributed by atoms with van der Waals surface area (Å²) >= 11 is 0. The van der Waals surface area contributed by atoms with Crippen molar-refractivity contribution >= 4 is 22.5 Å². The minimum absolute atomic E-state index is 0. The van der Waals surface area contributed by atoms with Gasteiger partial charge < -0.3 is 14.5 Å². The van der Waals surface area contributed by atoms with E-state index in [4.69, 9.17) is 0 Å². The molecule has 0 saturated heterocycles. The zero-order chi connectivity index (χ0) is 12.7. The second-order valence-electron chi connectivity index (χ2n) is 3.78. The molecule has 0 bridgehead atoms. The molecule has 0 N–H and O–H groups in total. The molecule has 8 heteroatoms. The second-order valence-corrected chi connectivity index (χ2v) is 3.78. The van der Waals surface area contributed by atoms with Crippen LogP contribution < -0.4 is 40.2 Å². The summed E-state index contributed by atoms with van der Waals surface area (Å²) in [4.78, 5) is 26.6. The van der Waals surface area contributed by atoms with Crippen LogP contribution >= 0.6 is 0 Å².